The first-order chi connectivity index (χ1) is 11.8. The van der Waals surface area contributed by atoms with Crippen LogP contribution in [-0.4, -0.2) is 11.0 Å². The number of allylic oxidation sites excluding steroid dienone is 6. The fourth-order valence-corrected chi connectivity index (χ4v) is 15.0. The number of benzene rings is 1. The van der Waals surface area contributed by atoms with Crippen molar-refractivity contribution in [2.45, 2.75) is 41.4 Å². The standard InChI is InChI=1S/C9H11.C6H6P.C6H10.2CH3.H4Si.Ti/c1-2-5-9-7-3-6-8(9)4-1;7-6-4-2-1-3-5-6;1-5(2)6(3)4;;;;/h1-2,4-6,8-9H,3,7H2;1-5,7H;1,3H2,2,4H3;2*1H3;1H4;/q;-1;;;;;+1. The van der Waals surface area contributed by atoms with Crippen molar-refractivity contribution in [3.05, 3.63) is 78.9 Å². The molecule has 0 spiro atoms. The number of hydrogen-bond acceptors (Lipinski definition) is 0. The van der Waals surface area contributed by atoms with E-state index in [9.17, 15) is 0 Å². The number of rotatable bonds is 4. The Morgan fingerprint density at radius 3 is 2.12 bits per heavy atom. The van der Waals surface area contributed by atoms with Gasteiger partial charge in [-0.3, -0.25) is 0 Å². The van der Waals surface area contributed by atoms with Gasteiger partial charge in [0.25, 0.3) is 0 Å². The fourth-order valence-electron chi connectivity index (χ4n) is 3.78. The van der Waals surface area contributed by atoms with Crippen molar-refractivity contribution in [3.8, 4) is 0 Å². The van der Waals surface area contributed by atoms with Gasteiger partial charge in [-0.2, -0.15) is 0 Å². The summed E-state index contributed by atoms with van der Waals surface area (Å²) in [5, 5.41) is 6.90. The van der Waals surface area contributed by atoms with Gasteiger partial charge >= 0.3 is 122 Å². The average molecular weight is 420 g/mol. The van der Waals surface area contributed by atoms with E-state index in [1.807, 2.05) is 13.8 Å². The predicted octanol–water partition coefficient (Wildman–Crippen LogP) is 5.78. The third-order valence-electron chi connectivity index (χ3n) is 5.47. The summed E-state index contributed by atoms with van der Waals surface area (Å²) in [5.74, 6) is 1.71. The molecule has 1 aromatic carbocycles. The van der Waals surface area contributed by atoms with Crippen molar-refractivity contribution in [1.82, 2.24) is 0 Å². The van der Waals surface area contributed by atoms with Gasteiger partial charge in [-0.1, -0.05) is 24.3 Å². The minimum atomic E-state index is -1.73. The third kappa shape index (κ3) is 6.61. The average Bonchev–Trinajstić information content (AvgIpc) is 3.01. The Morgan fingerprint density at radius 2 is 1.54 bits per heavy atom. The van der Waals surface area contributed by atoms with Crippen LogP contribution < -0.4 is 5.30 Å². The normalized spacial score (nSPS) is 23.8. The molecule has 4 unspecified atom stereocenters. The smallest absolute Gasteiger partial charge is 0.0149 e. The van der Waals surface area contributed by atoms with E-state index in [1.54, 1.807) is 5.30 Å². The zero-order valence-corrected chi connectivity index (χ0v) is 18.8. The fraction of sp³-hybridized carbons (Fsp3) is 0.391. The topological polar surface area (TPSA) is 0 Å². The summed E-state index contributed by atoms with van der Waals surface area (Å²) in [7, 11) is 0. The van der Waals surface area contributed by atoms with Gasteiger partial charge in [-0.15, -0.1) is 0 Å². The van der Waals surface area contributed by atoms with E-state index in [4.69, 9.17) is 0 Å². The maximum absolute atomic E-state index is 3.66. The summed E-state index contributed by atoms with van der Waals surface area (Å²) < 4.78 is 1.02. The van der Waals surface area contributed by atoms with Gasteiger partial charge in [-0.25, -0.2) is 0 Å². The Bertz CT molecular complexity index is 648. The van der Waals surface area contributed by atoms with Gasteiger partial charge in [0.1, 0.15) is 0 Å². The molecule has 0 aromatic heterocycles. The van der Waals surface area contributed by atoms with Crippen LogP contribution in [-0.2, 0) is 16.1 Å². The van der Waals surface area contributed by atoms with Crippen LogP contribution in [0.3, 0.4) is 0 Å². The monoisotopic (exact) mass is 420 g/mol. The molecule has 0 nitrogen and oxygen atoms in total. The van der Waals surface area contributed by atoms with Gasteiger partial charge in [-0.05, 0) is 24.8 Å². The zero-order chi connectivity index (χ0) is 18.4. The Balaban J connectivity index is 0.000000422. The summed E-state index contributed by atoms with van der Waals surface area (Å²) in [4.78, 5) is 0. The molecule has 3 rings (SSSR count). The zero-order valence-electron chi connectivity index (χ0n) is 16.3. The molecule has 0 bridgehead atoms. The Morgan fingerprint density at radius 1 is 0.962 bits per heavy atom. The molecule has 0 radical (unpaired) electrons. The maximum atomic E-state index is 3.66. The first kappa shape index (κ1) is 23.6. The van der Waals surface area contributed by atoms with Crippen molar-refractivity contribution >= 4 is 22.8 Å². The predicted molar refractivity (Wildman–Crippen MR) is 125 cm³/mol. The van der Waals surface area contributed by atoms with Gasteiger partial charge in [0.05, 0.1) is 0 Å². The van der Waals surface area contributed by atoms with Crippen molar-refractivity contribution in [1.29, 1.82) is 0 Å². The summed E-state index contributed by atoms with van der Waals surface area (Å²) in [5.41, 5.74) is 2.13. The molecule has 2 aliphatic rings. The molecule has 1 saturated carbocycles. The van der Waals surface area contributed by atoms with Crippen LogP contribution in [0.15, 0.2) is 78.9 Å². The van der Waals surface area contributed by atoms with Gasteiger partial charge in [0.2, 0.25) is 0 Å². The van der Waals surface area contributed by atoms with Gasteiger partial charge in [0, 0.05) is 0 Å². The molecule has 0 heterocycles. The molecule has 0 saturated heterocycles. The molecule has 0 amide bonds. The van der Waals surface area contributed by atoms with Crippen LogP contribution in [0.2, 0.25) is 14.7 Å². The molecule has 142 valence electrons. The van der Waals surface area contributed by atoms with E-state index < -0.39 is 16.1 Å². The second kappa shape index (κ2) is 10.8. The van der Waals surface area contributed by atoms with Crippen molar-refractivity contribution in [3.63, 3.8) is 0 Å². The Hall–Kier alpha value is -0.459. The van der Waals surface area contributed by atoms with Crippen LogP contribution >= 0.6 is 6.57 Å². The minimum Gasteiger partial charge on any atom is -0.0149 e. The summed E-state index contributed by atoms with van der Waals surface area (Å²) in [6.45, 7) is 12.3. The van der Waals surface area contributed by atoms with Crippen LogP contribution in [0.4, 0.5) is 0 Å². The summed E-state index contributed by atoms with van der Waals surface area (Å²) >= 11 is -1.73. The molecule has 3 heteroatoms. The number of hydrogen-bond donors (Lipinski definition) is 0. The van der Waals surface area contributed by atoms with E-state index in [0.29, 0.717) is 0 Å². The van der Waals surface area contributed by atoms with Gasteiger partial charge < -0.3 is 0 Å². The van der Waals surface area contributed by atoms with Crippen LogP contribution in [0.25, 0.3) is 0 Å². The van der Waals surface area contributed by atoms with E-state index in [1.165, 1.54) is 12.8 Å². The molecular formula is C23H37PSiTi. The summed E-state index contributed by atoms with van der Waals surface area (Å²) in [6.07, 6.45) is 12.4. The molecule has 26 heavy (non-hydrogen) atoms. The van der Waals surface area contributed by atoms with E-state index in [-0.39, 0.29) is 11.0 Å². The van der Waals surface area contributed by atoms with Crippen LogP contribution in [0.1, 0.15) is 26.7 Å². The second-order valence-electron chi connectivity index (χ2n) is 7.97. The molecule has 4 atom stereocenters. The number of fused-ring (bicyclic) bond motifs is 1. The molecular weight excluding hydrogens is 383 g/mol. The first-order valence-electron chi connectivity index (χ1n) is 9.31. The molecule has 1 fully saturated rings. The minimum absolute atomic E-state index is 0. The molecule has 1 aromatic rings. The van der Waals surface area contributed by atoms with Crippen LogP contribution in [0, 0.1) is 11.8 Å². The molecule has 2 aliphatic carbocycles. The van der Waals surface area contributed by atoms with E-state index in [0.717, 1.165) is 33.8 Å². The van der Waals surface area contributed by atoms with Crippen molar-refractivity contribution in [2.75, 3.05) is 0 Å². The Labute approximate surface area is 170 Å². The van der Waals surface area contributed by atoms with Crippen LogP contribution in [0.5, 0.6) is 0 Å². The molecule has 0 aliphatic heterocycles. The van der Waals surface area contributed by atoms with E-state index in [2.05, 4.69) is 78.3 Å². The quantitative estimate of drug-likeness (QED) is 0.329. The van der Waals surface area contributed by atoms with Crippen molar-refractivity contribution < 1.29 is 16.1 Å². The first-order valence-corrected chi connectivity index (χ1v) is 16.7. The van der Waals surface area contributed by atoms with Crippen molar-refractivity contribution in [2.24, 2.45) is 11.8 Å². The maximum Gasteiger partial charge on any atom is -0.0149 e. The SMILES string of the molecule is C=C(C)C(=C)C.[CH3][Ti]([CH3])([PH]c1ccccc1)[CH]1CCC2C=CC=CC21.[SiH4]. The molecule has 0 N–H and O–H groups in total. The largest absolute Gasteiger partial charge is 0.0149 e. The summed E-state index contributed by atoms with van der Waals surface area (Å²) in [6, 6.07) is 11.2. The van der Waals surface area contributed by atoms with Gasteiger partial charge in [0.15, 0.2) is 0 Å². The third-order valence-corrected chi connectivity index (χ3v) is 16.6. The Kier molecular flexibility index (Phi) is 9.76. The second-order valence-corrected chi connectivity index (χ2v) is 21.8. The van der Waals surface area contributed by atoms with E-state index >= 15 is 0 Å².